The zero-order valence-corrected chi connectivity index (χ0v) is 14.1. The van der Waals surface area contributed by atoms with Gasteiger partial charge in [0.1, 0.15) is 11.5 Å². The first kappa shape index (κ1) is 18.3. The zero-order chi connectivity index (χ0) is 17.7. The molecule has 130 valence electrons. The van der Waals surface area contributed by atoms with E-state index in [1.165, 1.54) is 36.4 Å². The van der Waals surface area contributed by atoms with Crippen LogP contribution in [0.3, 0.4) is 0 Å². The van der Waals surface area contributed by atoms with Crippen molar-refractivity contribution in [2.45, 2.75) is 18.4 Å². The third kappa shape index (κ3) is 4.72. The maximum atomic E-state index is 12.3. The molecule has 24 heavy (non-hydrogen) atoms. The molecule has 0 amide bonds. The molecule has 0 saturated heterocycles. The van der Waals surface area contributed by atoms with Crippen LogP contribution in [0.15, 0.2) is 47.4 Å². The lowest BCUT2D eigenvalue weighted by atomic mass is 10.3. The number of sulfonamides is 1. The summed E-state index contributed by atoms with van der Waals surface area (Å²) in [6.07, 6.45) is 0. The third-order valence-electron chi connectivity index (χ3n) is 2.85. The van der Waals surface area contributed by atoms with Crippen LogP contribution in [0.1, 0.15) is 6.92 Å². The van der Waals surface area contributed by atoms with Gasteiger partial charge in [0, 0.05) is 0 Å². The minimum absolute atomic E-state index is 0.0231. The van der Waals surface area contributed by atoms with Crippen molar-refractivity contribution in [3.8, 4) is 11.5 Å². The van der Waals surface area contributed by atoms with E-state index in [2.05, 4.69) is 9.46 Å². The first-order valence-corrected chi connectivity index (χ1v) is 8.68. The average molecular weight is 378 g/mol. The number of ether oxygens (including phenoxy) is 2. The highest BCUT2D eigenvalue weighted by Crippen LogP contribution is 2.30. The van der Waals surface area contributed by atoms with Crippen LogP contribution in [-0.2, 0) is 10.0 Å². The van der Waals surface area contributed by atoms with Crippen LogP contribution in [0, 0.1) is 0 Å². The van der Waals surface area contributed by atoms with Gasteiger partial charge in [0.15, 0.2) is 0 Å². The van der Waals surface area contributed by atoms with Crippen LogP contribution in [0.2, 0.25) is 5.02 Å². The molecule has 0 heterocycles. The van der Waals surface area contributed by atoms with E-state index in [9.17, 15) is 17.2 Å². The Labute approximate surface area is 143 Å². The monoisotopic (exact) mass is 377 g/mol. The van der Waals surface area contributed by atoms with Crippen molar-refractivity contribution in [3.05, 3.63) is 47.5 Å². The fourth-order valence-corrected chi connectivity index (χ4v) is 3.13. The lowest BCUT2D eigenvalue weighted by Crippen LogP contribution is -2.13. The van der Waals surface area contributed by atoms with E-state index in [0.29, 0.717) is 12.4 Å². The molecule has 2 aromatic rings. The fourth-order valence-electron chi connectivity index (χ4n) is 1.85. The van der Waals surface area contributed by atoms with Crippen molar-refractivity contribution in [1.29, 1.82) is 0 Å². The number of rotatable bonds is 7. The Kier molecular flexibility index (Phi) is 5.84. The summed E-state index contributed by atoms with van der Waals surface area (Å²) in [5.74, 6) is 0.309. The molecule has 5 nitrogen and oxygen atoms in total. The van der Waals surface area contributed by atoms with E-state index < -0.39 is 16.6 Å². The van der Waals surface area contributed by atoms with Gasteiger partial charge in [-0.05, 0) is 49.4 Å². The average Bonchev–Trinajstić information content (AvgIpc) is 2.50. The Morgan fingerprint density at radius 3 is 2.38 bits per heavy atom. The lowest BCUT2D eigenvalue weighted by molar-refractivity contribution is -0.0497. The van der Waals surface area contributed by atoms with E-state index in [0.717, 1.165) is 6.07 Å². The van der Waals surface area contributed by atoms with E-state index in [1.807, 2.05) is 6.92 Å². The van der Waals surface area contributed by atoms with E-state index in [-0.39, 0.29) is 21.4 Å². The number of hydrogen-bond donors (Lipinski definition) is 1. The minimum Gasteiger partial charge on any atom is -0.494 e. The maximum Gasteiger partial charge on any atom is 0.387 e. The largest absolute Gasteiger partial charge is 0.494 e. The second-order valence-electron chi connectivity index (χ2n) is 4.53. The summed E-state index contributed by atoms with van der Waals surface area (Å²) in [7, 11) is -3.85. The highest BCUT2D eigenvalue weighted by Gasteiger charge is 2.16. The van der Waals surface area contributed by atoms with E-state index >= 15 is 0 Å². The number of alkyl halides is 2. The minimum atomic E-state index is -3.85. The fraction of sp³-hybridized carbons (Fsp3) is 0.200. The van der Waals surface area contributed by atoms with Crippen LogP contribution >= 0.6 is 11.6 Å². The van der Waals surface area contributed by atoms with E-state index in [4.69, 9.17) is 16.3 Å². The van der Waals surface area contributed by atoms with Gasteiger partial charge in [-0.3, -0.25) is 4.72 Å². The summed E-state index contributed by atoms with van der Waals surface area (Å²) in [5, 5.41) is -0.137. The number of halogens is 3. The topological polar surface area (TPSA) is 64.6 Å². The summed E-state index contributed by atoms with van der Waals surface area (Å²) in [6, 6.07) is 9.47. The first-order valence-electron chi connectivity index (χ1n) is 6.82. The number of hydrogen-bond acceptors (Lipinski definition) is 4. The molecule has 0 saturated carbocycles. The summed E-state index contributed by atoms with van der Waals surface area (Å²) in [4.78, 5) is 0.0231. The van der Waals surface area contributed by atoms with E-state index in [1.54, 1.807) is 0 Å². The molecule has 0 spiro atoms. The molecule has 0 aromatic heterocycles. The second-order valence-corrected chi connectivity index (χ2v) is 6.62. The molecule has 0 radical (unpaired) electrons. The van der Waals surface area contributed by atoms with Gasteiger partial charge in [0.25, 0.3) is 10.0 Å². The van der Waals surface area contributed by atoms with Gasteiger partial charge in [0.05, 0.1) is 22.2 Å². The Morgan fingerprint density at radius 1 is 1.17 bits per heavy atom. The first-order chi connectivity index (χ1) is 11.3. The van der Waals surface area contributed by atoms with Gasteiger partial charge >= 0.3 is 6.61 Å². The Morgan fingerprint density at radius 2 is 1.83 bits per heavy atom. The van der Waals surface area contributed by atoms with Crippen LogP contribution in [-0.4, -0.2) is 21.6 Å². The smallest absolute Gasteiger partial charge is 0.387 e. The molecular weight excluding hydrogens is 364 g/mol. The third-order valence-corrected chi connectivity index (χ3v) is 4.54. The molecule has 0 aliphatic rings. The quantitative estimate of drug-likeness (QED) is 0.787. The predicted molar refractivity (Wildman–Crippen MR) is 86.5 cm³/mol. The van der Waals surface area contributed by atoms with Gasteiger partial charge in [-0.1, -0.05) is 11.6 Å². The molecule has 0 bridgehead atoms. The zero-order valence-electron chi connectivity index (χ0n) is 12.5. The maximum absolute atomic E-state index is 12.3. The molecule has 9 heteroatoms. The standard InChI is InChI=1S/C15H14ClF2NO4S/c1-2-22-11-4-6-12(7-5-11)24(20,21)19-10-3-8-14(13(16)9-10)23-15(17)18/h3-9,15,19H,2H2,1H3. The number of nitrogens with one attached hydrogen (secondary N) is 1. The Bertz CT molecular complexity index is 798. The molecule has 1 N–H and O–H groups in total. The normalized spacial score (nSPS) is 11.4. The molecule has 0 unspecified atom stereocenters. The van der Waals surface area contributed by atoms with Crippen molar-refractivity contribution in [3.63, 3.8) is 0 Å². The lowest BCUT2D eigenvalue weighted by Gasteiger charge is -2.11. The molecule has 0 fully saturated rings. The summed E-state index contributed by atoms with van der Waals surface area (Å²) < 4.78 is 60.7. The van der Waals surface area contributed by atoms with Gasteiger partial charge in [-0.25, -0.2) is 8.42 Å². The van der Waals surface area contributed by atoms with Crippen molar-refractivity contribution in [2.75, 3.05) is 11.3 Å². The predicted octanol–water partition coefficient (Wildman–Crippen LogP) is 4.14. The van der Waals surface area contributed by atoms with Crippen LogP contribution < -0.4 is 14.2 Å². The number of benzene rings is 2. The van der Waals surface area contributed by atoms with Crippen molar-refractivity contribution in [2.24, 2.45) is 0 Å². The molecular formula is C15H14ClF2NO4S. The summed E-state index contributed by atoms with van der Waals surface area (Å²) in [5.41, 5.74) is 0.121. The second kappa shape index (κ2) is 7.67. The van der Waals surface area contributed by atoms with Crippen LogP contribution in [0.25, 0.3) is 0 Å². The highest BCUT2D eigenvalue weighted by atomic mass is 35.5. The summed E-state index contributed by atoms with van der Waals surface area (Å²) in [6.45, 7) is -0.735. The van der Waals surface area contributed by atoms with Crippen LogP contribution in [0.5, 0.6) is 11.5 Å². The van der Waals surface area contributed by atoms with Crippen LogP contribution in [0.4, 0.5) is 14.5 Å². The molecule has 0 atom stereocenters. The number of anilines is 1. The molecule has 2 rings (SSSR count). The van der Waals surface area contributed by atoms with Gasteiger partial charge in [-0.15, -0.1) is 0 Å². The van der Waals surface area contributed by atoms with Gasteiger partial charge in [0.2, 0.25) is 0 Å². The van der Waals surface area contributed by atoms with Crippen molar-refractivity contribution in [1.82, 2.24) is 0 Å². The van der Waals surface area contributed by atoms with Gasteiger partial charge < -0.3 is 9.47 Å². The highest BCUT2D eigenvalue weighted by molar-refractivity contribution is 7.92. The SMILES string of the molecule is CCOc1ccc(S(=O)(=O)Nc2ccc(OC(F)F)c(Cl)c2)cc1. The summed E-state index contributed by atoms with van der Waals surface area (Å²) >= 11 is 5.79. The van der Waals surface area contributed by atoms with Gasteiger partial charge in [-0.2, -0.15) is 8.78 Å². The Hall–Kier alpha value is -2.06. The van der Waals surface area contributed by atoms with Crippen molar-refractivity contribution < 1.29 is 26.7 Å². The molecule has 2 aromatic carbocycles. The van der Waals surface area contributed by atoms with Crippen molar-refractivity contribution >= 4 is 27.3 Å². The molecule has 0 aliphatic carbocycles. The Balaban J connectivity index is 2.18. The molecule has 0 aliphatic heterocycles.